The summed E-state index contributed by atoms with van der Waals surface area (Å²) in [5, 5.41) is 22.8. The number of allylic oxidation sites excluding steroid dienone is 5. The fourth-order valence-electron chi connectivity index (χ4n) is 5.25. The molecule has 0 aliphatic carbocycles. The second-order valence-electron chi connectivity index (χ2n) is 12.3. The van der Waals surface area contributed by atoms with Gasteiger partial charge in [-0.3, -0.25) is 4.79 Å². The standard InChI is InChI=1S/C38H71NO3/c1-3-5-7-9-11-13-15-17-19-20-21-23-25-27-29-31-33-37(41)36(35-40)39-38(42)34-32-30-28-26-24-22-18-16-14-12-10-8-6-4-2/h16,18,23,25,31,33,36-37,40-41H,3-15,17,19-22,24,26-30,32,34-35H2,1-2H3,(H,39,42)/b18-16-,25-23+,33-31+. The normalized spacial score (nSPS) is 13.5. The Kier molecular flexibility index (Phi) is 33.0. The number of amides is 1. The second kappa shape index (κ2) is 34.1. The molecular weight excluding hydrogens is 518 g/mol. The van der Waals surface area contributed by atoms with Crippen molar-refractivity contribution in [1.82, 2.24) is 5.32 Å². The molecule has 0 rings (SSSR count). The summed E-state index contributed by atoms with van der Waals surface area (Å²) in [4.78, 5) is 12.3. The van der Waals surface area contributed by atoms with Crippen LogP contribution in [0.15, 0.2) is 36.5 Å². The second-order valence-corrected chi connectivity index (χ2v) is 12.3. The zero-order valence-electron chi connectivity index (χ0n) is 28.0. The molecule has 0 spiro atoms. The molecule has 0 aliphatic heterocycles. The summed E-state index contributed by atoms with van der Waals surface area (Å²) in [5.41, 5.74) is 0. The number of unbranched alkanes of at least 4 members (excludes halogenated alkanes) is 21. The summed E-state index contributed by atoms with van der Waals surface area (Å²) in [6.45, 7) is 4.27. The van der Waals surface area contributed by atoms with Crippen LogP contribution in [0.4, 0.5) is 0 Å². The lowest BCUT2D eigenvalue weighted by molar-refractivity contribution is -0.123. The summed E-state index contributed by atoms with van der Waals surface area (Å²) in [7, 11) is 0. The highest BCUT2D eigenvalue weighted by atomic mass is 16.3. The van der Waals surface area contributed by atoms with E-state index in [1.165, 1.54) is 116 Å². The van der Waals surface area contributed by atoms with Crippen LogP contribution in [-0.2, 0) is 4.79 Å². The Morgan fingerprint density at radius 2 is 0.929 bits per heavy atom. The van der Waals surface area contributed by atoms with Crippen molar-refractivity contribution >= 4 is 5.91 Å². The molecule has 0 fully saturated rings. The minimum Gasteiger partial charge on any atom is -0.394 e. The zero-order chi connectivity index (χ0) is 30.8. The summed E-state index contributed by atoms with van der Waals surface area (Å²) >= 11 is 0. The van der Waals surface area contributed by atoms with E-state index in [1.54, 1.807) is 6.08 Å². The monoisotopic (exact) mass is 590 g/mol. The first kappa shape index (κ1) is 40.6. The number of carbonyl (C=O) groups excluding carboxylic acids is 1. The van der Waals surface area contributed by atoms with Gasteiger partial charge in [-0.2, -0.15) is 0 Å². The average molecular weight is 590 g/mol. The van der Waals surface area contributed by atoms with Gasteiger partial charge < -0.3 is 15.5 Å². The van der Waals surface area contributed by atoms with Gasteiger partial charge >= 0.3 is 0 Å². The Bertz CT molecular complexity index is 642. The molecule has 0 heterocycles. The molecule has 0 saturated carbocycles. The molecule has 2 atom stereocenters. The maximum absolute atomic E-state index is 12.3. The van der Waals surface area contributed by atoms with Crippen molar-refractivity contribution in [3.8, 4) is 0 Å². The summed E-state index contributed by atoms with van der Waals surface area (Å²) in [5.74, 6) is -0.0849. The van der Waals surface area contributed by atoms with Crippen LogP contribution in [0.3, 0.4) is 0 Å². The van der Waals surface area contributed by atoms with Gasteiger partial charge in [-0.25, -0.2) is 0 Å². The van der Waals surface area contributed by atoms with Crippen LogP contribution < -0.4 is 5.32 Å². The van der Waals surface area contributed by atoms with Gasteiger partial charge in [-0.05, 0) is 57.8 Å². The van der Waals surface area contributed by atoms with Crippen LogP contribution in [0.1, 0.15) is 181 Å². The molecule has 0 aliphatic rings. The van der Waals surface area contributed by atoms with E-state index < -0.39 is 12.1 Å². The minimum atomic E-state index is -0.862. The number of hydrogen-bond acceptors (Lipinski definition) is 3. The third kappa shape index (κ3) is 30.1. The Morgan fingerprint density at radius 3 is 1.38 bits per heavy atom. The smallest absolute Gasteiger partial charge is 0.220 e. The first-order valence-electron chi connectivity index (χ1n) is 18.2. The molecule has 0 aromatic carbocycles. The fraction of sp³-hybridized carbons (Fsp3) is 0.816. The fourth-order valence-corrected chi connectivity index (χ4v) is 5.25. The SMILES string of the molecule is CCCCCCC/C=C\CCCCCCCC(=O)NC(CO)C(O)/C=C/CC/C=C/CCCCCCCCCCCC. The van der Waals surface area contributed by atoms with Crippen molar-refractivity contribution in [2.24, 2.45) is 0 Å². The van der Waals surface area contributed by atoms with E-state index in [4.69, 9.17) is 0 Å². The summed E-state index contributed by atoms with van der Waals surface area (Å²) in [6, 6.07) is -0.640. The number of rotatable bonds is 32. The third-order valence-corrected chi connectivity index (χ3v) is 8.10. The topological polar surface area (TPSA) is 69.6 Å². The largest absolute Gasteiger partial charge is 0.394 e. The van der Waals surface area contributed by atoms with E-state index in [9.17, 15) is 15.0 Å². The minimum absolute atomic E-state index is 0.0849. The van der Waals surface area contributed by atoms with Crippen LogP contribution in [0.5, 0.6) is 0 Å². The van der Waals surface area contributed by atoms with Gasteiger partial charge in [0.05, 0.1) is 18.8 Å². The molecule has 0 bridgehead atoms. The van der Waals surface area contributed by atoms with Crippen molar-refractivity contribution in [1.29, 1.82) is 0 Å². The van der Waals surface area contributed by atoms with Gasteiger partial charge in [0.2, 0.25) is 5.91 Å². The summed E-state index contributed by atoms with van der Waals surface area (Å²) in [6.07, 6.45) is 43.7. The Labute approximate surface area is 261 Å². The lowest BCUT2D eigenvalue weighted by Gasteiger charge is -2.19. The Hall–Kier alpha value is -1.39. The molecule has 4 heteroatoms. The van der Waals surface area contributed by atoms with E-state index in [0.717, 1.165) is 44.9 Å². The Morgan fingerprint density at radius 1 is 0.548 bits per heavy atom. The number of aliphatic hydroxyl groups excluding tert-OH is 2. The van der Waals surface area contributed by atoms with E-state index >= 15 is 0 Å². The van der Waals surface area contributed by atoms with Crippen molar-refractivity contribution in [2.45, 2.75) is 193 Å². The van der Waals surface area contributed by atoms with Gasteiger partial charge in [-0.15, -0.1) is 0 Å². The molecule has 0 radical (unpaired) electrons. The maximum Gasteiger partial charge on any atom is 0.220 e. The van der Waals surface area contributed by atoms with Gasteiger partial charge in [0.25, 0.3) is 0 Å². The maximum atomic E-state index is 12.3. The van der Waals surface area contributed by atoms with E-state index in [0.29, 0.717) is 6.42 Å². The average Bonchev–Trinajstić information content (AvgIpc) is 2.99. The molecule has 3 N–H and O–H groups in total. The van der Waals surface area contributed by atoms with Crippen molar-refractivity contribution < 1.29 is 15.0 Å². The first-order valence-corrected chi connectivity index (χ1v) is 18.2. The molecule has 246 valence electrons. The highest BCUT2D eigenvalue weighted by Crippen LogP contribution is 2.12. The Balaban J connectivity index is 3.70. The van der Waals surface area contributed by atoms with Crippen LogP contribution >= 0.6 is 0 Å². The van der Waals surface area contributed by atoms with Crippen molar-refractivity contribution in [3.63, 3.8) is 0 Å². The van der Waals surface area contributed by atoms with E-state index in [2.05, 4.69) is 43.5 Å². The number of hydrogen-bond donors (Lipinski definition) is 3. The highest BCUT2D eigenvalue weighted by molar-refractivity contribution is 5.76. The molecule has 2 unspecified atom stereocenters. The van der Waals surface area contributed by atoms with Crippen LogP contribution in [0.2, 0.25) is 0 Å². The van der Waals surface area contributed by atoms with Gasteiger partial charge in [0.15, 0.2) is 0 Å². The molecule has 0 aromatic heterocycles. The van der Waals surface area contributed by atoms with Crippen molar-refractivity contribution in [2.75, 3.05) is 6.61 Å². The van der Waals surface area contributed by atoms with Crippen LogP contribution in [-0.4, -0.2) is 34.9 Å². The third-order valence-electron chi connectivity index (χ3n) is 8.10. The number of aliphatic hydroxyl groups is 2. The van der Waals surface area contributed by atoms with E-state index in [1.807, 2.05) is 6.08 Å². The molecule has 0 saturated heterocycles. The summed E-state index contributed by atoms with van der Waals surface area (Å²) < 4.78 is 0. The highest BCUT2D eigenvalue weighted by Gasteiger charge is 2.17. The van der Waals surface area contributed by atoms with Gasteiger partial charge in [0.1, 0.15) is 0 Å². The zero-order valence-corrected chi connectivity index (χ0v) is 28.0. The number of carbonyl (C=O) groups is 1. The molecular formula is C38H71NO3. The number of nitrogens with one attached hydrogen (secondary N) is 1. The van der Waals surface area contributed by atoms with Gasteiger partial charge in [0, 0.05) is 6.42 Å². The predicted molar refractivity (Wildman–Crippen MR) is 184 cm³/mol. The van der Waals surface area contributed by atoms with Crippen LogP contribution in [0, 0.1) is 0 Å². The quantitative estimate of drug-likeness (QED) is 0.0540. The first-order chi connectivity index (χ1) is 20.7. The van der Waals surface area contributed by atoms with E-state index in [-0.39, 0.29) is 12.5 Å². The molecule has 42 heavy (non-hydrogen) atoms. The molecule has 0 aromatic rings. The van der Waals surface area contributed by atoms with Crippen LogP contribution in [0.25, 0.3) is 0 Å². The predicted octanol–water partition coefficient (Wildman–Crippen LogP) is 10.7. The molecule has 4 nitrogen and oxygen atoms in total. The molecule has 1 amide bonds. The van der Waals surface area contributed by atoms with Gasteiger partial charge in [-0.1, -0.05) is 153 Å². The lowest BCUT2D eigenvalue weighted by atomic mass is 10.1. The lowest BCUT2D eigenvalue weighted by Crippen LogP contribution is -2.45. The van der Waals surface area contributed by atoms with Crippen molar-refractivity contribution in [3.05, 3.63) is 36.5 Å².